The second-order valence-electron chi connectivity index (χ2n) is 5.74. The van der Waals surface area contributed by atoms with Gasteiger partial charge in [-0.2, -0.15) is 0 Å². The minimum Gasteiger partial charge on any atom is -0.390 e. The number of benzene rings is 2. The lowest BCUT2D eigenvalue weighted by atomic mass is 10.1. The van der Waals surface area contributed by atoms with Gasteiger partial charge in [0.15, 0.2) is 0 Å². The average molecular weight is 363 g/mol. The van der Waals surface area contributed by atoms with E-state index in [-0.39, 0.29) is 16.3 Å². The standard InChI is InChI=1S/C16H17N3O5S/c1-17-25(23,24)11-6-7-13(14(9-11)19(21)22)18-16-12-5-3-2-4-10(12)8-15(16)20/h2-7,9,15-18,20H,8H2,1H3/t15-,16+/m0/s1. The van der Waals surface area contributed by atoms with Crippen molar-refractivity contribution in [3.8, 4) is 0 Å². The highest BCUT2D eigenvalue weighted by Crippen LogP contribution is 2.37. The van der Waals surface area contributed by atoms with Crippen LogP contribution >= 0.6 is 0 Å². The third-order valence-electron chi connectivity index (χ3n) is 4.26. The fourth-order valence-corrected chi connectivity index (χ4v) is 3.73. The molecule has 0 saturated carbocycles. The van der Waals surface area contributed by atoms with Crippen LogP contribution in [0.15, 0.2) is 47.4 Å². The fraction of sp³-hybridized carbons (Fsp3) is 0.250. The van der Waals surface area contributed by atoms with E-state index in [9.17, 15) is 23.6 Å². The first-order valence-corrected chi connectivity index (χ1v) is 9.06. The molecule has 9 heteroatoms. The van der Waals surface area contributed by atoms with Gasteiger partial charge in [-0.15, -0.1) is 0 Å². The maximum atomic E-state index is 11.9. The van der Waals surface area contributed by atoms with Crippen molar-refractivity contribution in [1.29, 1.82) is 0 Å². The van der Waals surface area contributed by atoms with E-state index in [1.165, 1.54) is 19.2 Å². The number of hydrogen-bond acceptors (Lipinski definition) is 6. The molecule has 0 aromatic heterocycles. The molecule has 2 atom stereocenters. The third-order valence-corrected chi connectivity index (χ3v) is 5.67. The zero-order chi connectivity index (χ0) is 18.2. The molecule has 8 nitrogen and oxygen atoms in total. The number of aliphatic hydroxyl groups is 1. The molecule has 0 aliphatic heterocycles. The summed E-state index contributed by atoms with van der Waals surface area (Å²) in [6, 6.07) is 10.6. The van der Waals surface area contributed by atoms with Gasteiger partial charge in [-0.25, -0.2) is 13.1 Å². The maximum Gasteiger partial charge on any atom is 0.293 e. The molecule has 1 aliphatic rings. The number of nitrogens with one attached hydrogen (secondary N) is 2. The Balaban J connectivity index is 1.99. The Morgan fingerprint density at radius 3 is 2.64 bits per heavy atom. The van der Waals surface area contributed by atoms with Crippen LogP contribution in [0.5, 0.6) is 0 Å². The molecule has 25 heavy (non-hydrogen) atoms. The molecule has 2 aromatic rings. The molecule has 0 spiro atoms. The van der Waals surface area contributed by atoms with Gasteiger partial charge in [0.1, 0.15) is 5.69 Å². The number of hydrogen-bond donors (Lipinski definition) is 3. The molecular formula is C16H17N3O5S. The van der Waals surface area contributed by atoms with Gasteiger partial charge in [0.2, 0.25) is 10.0 Å². The molecule has 0 fully saturated rings. The summed E-state index contributed by atoms with van der Waals surface area (Å²) in [4.78, 5) is 10.5. The molecule has 0 radical (unpaired) electrons. The van der Waals surface area contributed by atoms with E-state index < -0.39 is 27.1 Å². The Hall–Kier alpha value is -2.49. The quantitative estimate of drug-likeness (QED) is 0.548. The highest BCUT2D eigenvalue weighted by molar-refractivity contribution is 7.89. The molecule has 0 amide bonds. The molecular weight excluding hydrogens is 346 g/mol. The van der Waals surface area contributed by atoms with Crippen molar-refractivity contribution in [3.63, 3.8) is 0 Å². The molecule has 0 saturated heterocycles. The Bertz CT molecular complexity index is 929. The molecule has 1 aliphatic carbocycles. The zero-order valence-electron chi connectivity index (χ0n) is 13.3. The van der Waals surface area contributed by atoms with E-state index in [1.807, 2.05) is 24.3 Å². The Kier molecular flexibility index (Phi) is 4.46. The first-order valence-electron chi connectivity index (χ1n) is 7.58. The zero-order valence-corrected chi connectivity index (χ0v) is 14.2. The van der Waals surface area contributed by atoms with Crippen LogP contribution in [0.25, 0.3) is 0 Å². The minimum atomic E-state index is -3.79. The summed E-state index contributed by atoms with van der Waals surface area (Å²) in [6.45, 7) is 0. The number of fused-ring (bicyclic) bond motifs is 1. The molecule has 2 aromatic carbocycles. The first kappa shape index (κ1) is 17.3. The van der Waals surface area contributed by atoms with E-state index in [1.54, 1.807) is 0 Å². The van der Waals surface area contributed by atoms with Crippen LogP contribution in [0.1, 0.15) is 17.2 Å². The van der Waals surface area contributed by atoms with E-state index in [0.29, 0.717) is 6.42 Å². The highest BCUT2D eigenvalue weighted by Gasteiger charge is 2.32. The molecule has 0 unspecified atom stereocenters. The summed E-state index contributed by atoms with van der Waals surface area (Å²) in [5, 5.41) is 24.6. The van der Waals surface area contributed by atoms with Crippen LogP contribution in [-0.4, -0.2) is 31.6 Å². The second-order valence-corrected chi connectivity index (χ2v) is 7.62. The maximum absolute atomic E-state index is 11.9. The van der Waals surface area contributed by atoms with Crippen molar-refractivity contribution in [2.75, 3.05) is 12.4 Å². The van der Waals surface area contributed by atoms with Crippen molar-refractivity contribution in [1.82, 2.24) is 4.72 Å². The number of rotatable bonds is 5. The number of anilines is 1. The lowest BCUT2D eigenvalue weighted by Crippen LogP contribution is -2.22. The largest absolute Gasteiger partial charge is 0.390 e. The van der Waals surface area contributed by atoms with Crippen LogP contribution < -0.4 is 10.0 Å². The van der Waals surface area contributed by atoms with Crippen molar-refractivity contribution in [2.24, 2.45) is 0 Å². The Labute approximate surface area is 144 Å². The minimum absolute atomic E-state index is 0.154. The fourth-order valence-electron chi connectivity index (χ4n) is 2.98. The Morgan fingerprint density at radius 1 is 1.24 bits per heavy atom. The molecule has 132 valence electrons. The van der Waals surface area contributed by atoms with E-state index >= 15 is 0 Å². The van der Waals surface area contributed by atoms with Crippen molar-refractivity contribution >= 4 is 21.4 Å². The van der Waals surface area contributed by atoms with Crippen LogP contribution in [-0.2, 0) is 16.4 Å². The molecule has 3 N–H and O–H groups in total. The van der Waals surface area contributed by atoms with Crippen LogP contribution in [0, 0.1) is 10.1 Å². The molecule has 3 rings (SSSR count). The summed E-state index contributed by atoms with van der Waals surface area (Å²) < 4.78 is 25.8. The highest BCUT2D eigenvalue weighted by atomic mass is 32.2. The van der Waals surface area contributed by atoms with Crippen molar-refractivity contribution in [3.05, 3.63) is 63.7 Å². The van der Waals surface area contributed by atoms with Crippen LogP contribution in [0.3, 0.4) is 0 Å². The molecule has 0 bridgehead atoms. The van der Waals surface area contributed by atoms with Gasteiger partial charge in [0.05, 0.1) is 22.0 Å². The predicted octanol–water partition coefficient (Wildman–Crippen LogP) is 1.57. The average Bonchev–Trinajstić information content (AvgIpc) is 2.90. The summed E-state index contributed by atoms with van der Waals surface area (Å²) in [6.07, 6.45) is -0.272. The van der Waals surface area contributed by atoms with Crippen molar-refractivity contribution < 1.29 is 18.4 Å². The van der Waals surface area contributed by atoms with Gasteiger partial charge < -0.3 is 10.4 Å². The topological polar surface area (TPSA) is 122 Å². The number of nitro benzene ring substituents is 1. The van der Waals surface area contributed by atoms with Gasteiger partial charge in [-0.3, -0.25) is 10.1 Å². The number of aliphatic hydroxyl groups excluding tert-OH is 1. The Morgan fingerprint density at radius 2 is 1.96 bits per heavy atom. The second kappa shape index (κ2) is 6.43. The van der Waals surface area contributed by atoms with E-state index in [2.05, 4.69) is 10.0 Å². The van der Waals surface area contributed by atoms with E-state index in [0.717, 1.165) is 17.2 Å². The number of nitro groups is 1. The van der Waals surface area contributed by atoms with Crippen LogP contribution in [0.4, 0.5) is 11.4 Å². The number of sulfonamides is 1. The normalized spacial score (nSPS) is 19.4. The lowest BCUT2D eigenvalue weighted by Gasteiger charge is -2.19. The summed E-state index contributed by atoms with van der Waals surface area (Å²) in [7, 11) is -2.55. The monoisotopic (exact) mass is 363 g/mol. The van der Waals surface area contributed by atoms with Crippen molar-refractivity contribution in [2.45, 2.75) is 23.5 Å². The van der Waals surface area contributed by atoms with Crippen LogP contribution in [0.2, 0.25) is 0 Å². The van der Waals surface area contributed by atoms with Gasteiger partial charge in [0.25, 0.3) is 5.69 Å². The summed E-state index contributed by atoms with van der Waals surface area (Å²) in [5.74, 6) is 0. The van der Waals surface area contributed by atoms with Gasteiger partial charge in [0, 0.05) is 12.5 Å². The summed E-state index contributed by atoms with van der Waals surface area (Å²) >= 11 is 0. The predicted molar refractivity (Wildman–Crippen MR) is 91.9 cm³/mol. The lowest BCUT2D eigenvalue weighted by molar-refractivity contribution is -0.384. The van der Waals surface area contributed by atoms with Gasteiger partial charge in [-0.05, 0) is 30.3 Å². The summed E-state index contributed by atoms with van der Waals surface area (Å²) in [5.41, 5.74) is 1.63. The SMILES string of the molecule is CNS(=O)(=O)c1ccc(N[C@@H]2c3ccccc3C[C@@H]2O)c([N+](=O)[O-])c1. The van der Waals surface area contributed by atoms with Gasteiger partial charge >= 0.3 is 0 Å². The van der Waals surface area contributed by atoms with Gasteiger partial charge in [-0.1, -0.05) is 24.3 Å². The van der Waals surface area contributed by atoms with E-state index in [4.69, 9.17) is 0 Å². The smallest absolute Gasteiger partial charge is 0.293 e. The third kappa shape index (κ3) is 3.21. The number of nitrogens with zero attached hydrogens (tertiary/aromatic N) is 1. The first-order chi connectivity index (χ1) is 11.8. The molecule has 0 heterocycles.